The number of nitrogens with zero attached hydrogens (tertiary/aromatic N) is 2. The van der Waals surface area contributed by atoms with Crippen LogP contribution in [0, 0.1) is 5.41 Å². The number of amides is 1. The van der Waals surface area contributed by atoms with Crippen LogP contribution in [0.2, 0.25) is 0 Å². The van der Waals surface area contributed by atoms with Gasteiger partial charge in [0.2, 0.25) is 5.91 Å². The summed E-state index contributed by atoms with van der Waals surface area (Å²) in [4.78, 5) is 19.4. The molecule has 114 valence electrons. The van der Waals surface area contributed by atoms with Gasteiger partial charge in [-0.05, 0) is 30.2 Å². The van der Waals surface area contributed by atoms with Crippen LogP contribution in [0.1, 0.15) is 19.4 Å². The second-order valence-electron chi connectivity index (χ2n) is 6.72. The lowest BCUT2D eigenvalue weighted by atomic mass is 9.80. The van der Waals surface area contributed by atoms with Crippen molar-refractivity contribution in [1.82, 2.24) is 4.98 Å². The SMILES string of the molecule is CC1(C)Cc2ccccc2N(c2cnc3ccccc3c2)C1=O. The van der Waals surface area contributed by atoms with Crippen molar-refractivity contribution in [2.75, 3.05) is 4.90 Å². The van der Waals surface area contributed by atoms with Gasteiger partial charge in [-0.3, -0.25) is 14.7 Å². The van der Waals surface area contributed by atoms with Crippen molar-refractivity contribution in [3.05, 3.63) is 66.4 Å². The van der Waals surface area contributed by atoms with Crippen LogP contribution in [-0.2, 0) is 11.2 Å². The summed E-state index contributed by atoms with van der Waals surface area (Å²) in [5, 5.41) is 1.04. The first-order chi connectivity index (χ1) is 11.1. The predicted octanol–water partition coefficient (Wildman–Crippen LogP) is 4.48. The Labute approximate surface area is 135 Å². The van der Waals surface area contributed by atoms with Gasteiger partial charge in [-0.1, -0.05) is 50.2 Å². The molecule has 0 unspecified atom stereocenters. The average Bonchev–Trinajstić information content (AvgIpc) is 2.55. The molecule has 0 bridgehead atoms. The molecule has 3 nitrogen and oxygen atoms in total. The van der Waals surface area contributed by atoms with E-state index in [9.17, 15) is 4.79 Å². The third kappa shape index (κ3) is 2.20. The first-order valence-electron chi connectivity index (χ1n) is 7.83. The van der Waals surface area contributed by atoms with E-state index in [0.717, 1.165) is 28.7 Å². The number of carbonyl (C=O) groups is 1. The number of carbonyl (C=O) groups excluding carboxylic acids is 1. The number of pyridine rings is 1. The third-order valence-electron chi connectivity index (χ3n) is 4.48. The molecule has 3 aromatic rings. The smallest absolute Gasteiger partial charge is 0.237 e. The van der Waals surface area contributed by atoms with Gasteiger partial charge in [-0.15, -0.1) is 0 Å². The van der Waals surface area contributed by atoms with E-state index in [-0.39, 0.29) is 5.91 Å². The lowest BCUT2D eigenvalue weighted by Gasteiger charge is -2.38. The summed E-state index contributed by atoms with van der Waals surface area (Å²) >= 11 is 0. The highest BCUT2D eigenvalue weighted by Gasteiger charge is 2.39. The maximum Gasteiger partial charge on any atom is 0.237 e. The van der Waals surface area contributed by atoms with Crippen molar-refractivity contribution in [2.45, 2.75) is 20.3 Å². The minimum Gasteiger partial charge on any atom is -0.279 e. The van der Waals surface area contributed by atoms with Gasteiger partial charge in [-0.2, -0.15) is 0 Å². The van der Waals surface area contributed by atoms with Crippen LogP contribution >= 0.6 is 0 Å². The van der Waals surface area contributed by atoms with Crippen LogP contribution in [0.5, 0.6) is 0 Å². The number of rotatable bonds is 1. The summed E-state index contributed by atoms with van der Waals surface area (Å²) in [5.41, 5.74) is 3.52. The minimum absolute atomic E-state index is 0.119. The molecule has 0 saturated carbocycles. The van der Waals surface area contributed by atoms with Crippen LogP contribution in [0.15, 0.2) is 60.8 Å². The Morgan fingerprint density at radius 1 is 1.04 bits per heavy atom. The molecule has 1 amide bonds. The Morgan fingerprint density at radius 2 is 1.78 bits per heavy atom. The fourth-order valence-electron chi connectivity index (χ4n) is 3.28. The van der Waals surface area contributed by atoms with Gasteiger partial charge in [0.05, 0.1) is 23.1 Å². The van der Waals surface area contributed by atoms with Crippen LogP contribution in [0.25, 0.3) is 10.9 Å². The van der Waals surface area contributed by atoms with Crippen LogP contribution < -0.4 is 4.90 Å². The Morgan fingerprint density at radius 3 is 2.65 bits per heavy atom. The highest BCUT2D eigenvalue weighted by Crippen LogP contribution is 2.41. The number of hydrogen-bond acceptors (Lipinski definition) is 2. The van der Waals surface area contributed by atoms with Gasteiger partial charge < -0.3 is 0 Å². The molecule has 0 atom stereocenters. The van der Waals surface area contributed by atoms with Crippen molar-refractivity contribution < 1.29 is 4.79 Å². The van der Waals surface area contributed by atoms with E-state index in [0.29, 0.717) is 0 Å². The van der Waals surface area contributed by atoms with Crippen LogP contribution in [0.3, 0.4) is 0 Å². The van der Waals surface area contributed by atoms with Crippen LogP contribution in [0.4, 0.5) is 11.4 Å². The molecule has 0 aliphatic carbocycles. The van der Waals surface area contributed by atoms with Crippen molar-refractivity contribution in [3.8, 4) is 0 Å². The fraction of sp³-hybridized carbons (Fsp3) is 0.200. The molecule has 0 radical (unpaired) electrons. The third-order valence-corrected chi connectivity index (χ3v) is 4.48. The van der Waals surface area contributed by atoms with E-state index in [1.165, 1.54) is 5.56 Å². The van der Waals surface area contributed by atoms with E-state index in [4.69, 9.17) is 0 Å². The Balaban J connectivity index is 1.92. The summed E-state index contributed by atoms with van der Waals surface area (Å²) < 4.78 is 0. The number of para-hydroxylation sites is 2. The quantitative estimate of drug-likeness (QED) is 0.664. The zero-order valence-corrected chi connectivity index (χ0v) is 13.3. The standard InChI is InChI=1S/C20H18N2O/c1-20(2)12-15-8-4-6-10-18(15)22(19(20)23)16-11-14-7-3-5-9-17(14)21-13-16/h3-11,13H,12H2,1-2H3. The summed E-state index contributed by atoms with van der Waals surface area (Å²) in [6.07, 6.45) is 2.55. The lowest BCUT2D eigenvalue weighted by molar-refractivity contribution is -0.126. The van der Waals surface area contributed by atoms with Crippen molar-refractivity contribution in [3.63, 3.8) is 0 Å². The molecule has 0 fully saturated rings. The van der Waals surface area contributed by atoms with E-state index in [1.54, 1.807) is 6.20 Å². The van der Waals surface area contributed by atoms with Crippen molar-refractivity contribution in [2.24, 2.45) is 5.41 Å². The molecule has 2 aromatic carbocycles. The van der Waals surface area contributed by atoms with Gasteiger partial charge in [0.1, 0.15) is 0 Å². The lowest BCUT2D eigenvalue weighted by Crippen LogP contribution is -2.43. The molecule has 1 aliphatic heterocycles. The molecular weight excluding hydrogens is 284 g/mol. The molecule has 1 aromatic heterocycles. The zero-order valence-electron chi connectivity index (χ0n) is 13.3. The highest BCUT2D eigenvalue weighted by atomic mass is 16.2. The van der Waals surface area contributed by atoms with E-state index >= 15 is 0 Å². The number of anilines is 2. The van der Waals surface area contributed by atoms with Gasteiger partial charge in [-0.25, -0.2) is 0 Å². The molecule has 2 heterocycles. The molecule has 0 spiro atoms. The number of aromatic nitrogens is 1. The molecule has 3 heteroatoms. The minimum atomic E-state index is -0.417. The number of benzene rings is 2. The molecular formula is C20H18N2O. The molecule has 0 saturated heterocycles. The number of fused-ring (bicyclic) bond motifs is 2. The summed E-state index contributed by atoms with van der Waals surface area (Å²) in [7, 11) is 0. The second-order valence-corrected chi connectivity index (χ2v) is 6.72. The largest absolute Gasteiger partial charge is 0.279 e. The maximum absolute atomic E-state index is 13.0. The van der Waals surface area contributed by atoms with Crippen molar-refractivity contribution in [1.29, 1.82) is 0 Å². The molecule has 4 rings (SSSR count). The van der Waals surface area contributed by atoms with E-state index in [1.807, 2.05) is 67.3 Å². The van der Waals surface area contributed by atoms with Gasteiger partial charge >= 0.3 is 0 Å². The van der Waals surface area contributed by atoms with Gasteiger partial charge in [0.15, 0.2) is 0 Å². The normalized spacial score (nSPS) is 16.4. The summed E-state index contributed by atoms with van der Waals surface area (Å²) in [5.74, 6) is 0.119. The first-order valence-corrected chi connectivity index (χ1v) is 7.83. The summed E-state index contributed by atoms with van der Waals surface area (Å²) in [6, 6.07) is 18.1. The first kappa shape index (κ1) is 13.9. The highest BCUT2D eigenvalue weighted by molar-refractivity contribution is 6.06. The molecule has 23 heavy (non-hydrogen) atoms. The Kier molecular flexibility index (Phi) is 2.98. The predicted molar refractivity (Wildman–Crippen MR) is 92.8 cm³/mol. The topological polar surface area (TPSA) is 33.2 Å². The Hall–Kier alpha value is -2.68. The van der Waals surface area contributed by atoms with E-state index < -0.39 is 5.41 Å². The summed E-state index contributed by atoms with van der Waals surface area (Å²) in [6.45, 7) is 4.01. The van der Waals surface area contributed by atoms with Gasteiger partial charge in [0.25, 0.3) is 0 Å². The van der Waals surface area contributed by atoms with Gasteiger partial charge in [0, 0.05) is 10.8 Å². The molecule has 1 aliphatic rings. The Bertz CT molecular complexity index is 914. The zero-order chi connectivity index (χ0) is 16.0. The fourth-order valence-corrected chi connectivity index (χ4v) is 3.28. The molecule has 0 N–H and O–H groups in total. The monoisotopic (exact) mass is 302 g/mol. The second kappa shape index (κ2) is 4.92. The van der Waals surface area contributed by atoms with E-state index in [2.05, 4.69) is 11.1 Å². The maximum atomic E-state index is 13.0. The number of hydrogen-bond donors (Lipinski definition) is 0. The van der Waals surface area contributed by atoms with Crippen molar-refractivity contribution >= 4 is 28.2 Å². The average molecular weight is 302 g/mol. The van der Waals surface area contributed by atoms with Crippen LogP contribution in [-0.4, -0.2) is 10.9 Å².